The Morgan fingerprint density at radius 2 is 2.13 bits per heavy atom. The van der Waals surface area contributed by atoms with Crippen LogP contribution >= 0.6 is 0 Å². The second-order valence-electron chi connectivity index (χ2n) is 4.86. The maximum atomic E-state index is 10.9. The molecule has 0 aromatic rings. The molecule has 3 heteroatoms. The largest absolute Gasteiger partial charge is 0.460 e. The lowest BCUT2D eigenvalue weighted by atomic mass is 9.85. The van der Waals surface area contributed by atoms with E-state index in [1.165, 1.54) is 6.92 Å². The molecule has 2 atom stereocenters. The SMILES string of the molecule is C=C[C@]1(C)CC[C@H](OC(C)=O)C(C)(C)O1. The van der Waals surface area contributed by atoms with Crippen molar-refractivity contribution in [3.63, 3.8) is 0 Å². The van der Waals surface area contributed by atoms with Crippen LogP contribution in [0.4, 0.5) is 0 Å². The molecule has 0 bridgehead atoms. The standard InChI is InChI=1S/C12H20O3/c1-6-12(5)8-7-10(14-9(2)13)11(3,4)15-12/h6,10H,1,7-8H2,2-5H3/t10-,12+/m0/s1. The summed E-state index contributed by atoms with van der Waals surface area (Å²) in [6, 6.07) is 0. The highest BCUT2D eigenvalue weighted by Gasteiger charge is 2.43. The molecule has 1 heterocycles. The first-order chi connectivity index (χ1) is 6.79. The van der Waals surface area contributed by atoms with E-state index in [1.807, 2.05) is 26.8 Å². The number of hydrogen-bond donors (Lipinski definition) is 0. The topological polar surface area (TPSA) is 35.5 Å². The van der Waals surface area contributed by atoms with Gasteiger partial charge in [-0.3, -0.25) is 4.79 Å². The van der Waals surface area contributed by atoms with Crippen molar-refractivity contribution in [1.82, 2.24) is 0 Å². The summed E-state index contributed by atoms with van der Waals surface area (Å²) in [6.45, 7) is 11.1. The molecule has 0 amide bonds. The van der Waals surface area contributed by atoms with Crippen LogP contribution in [0.1, 0.15) is 40.5 Å². The third-order valence-electron chi connectivity index (χ3n) is 2.91. The Balaban J connectivity index is 2.74. The molecule has 1 aliphatic rings. The highest BCUT2D eigenvalue weighted by Crippen LogP contribution is 2.37. The van der Waals surface area contributed by atoms with Crippen molar-refractivity contribution >= 4 is 5.97 Å². The van der Waals surface area contributed by atoms with Crippen LogP contribution in [-0.4, -0.2) is 23.3 Å². The van der Waals surface area contributed by atoms with Gasteiger partial charge in [0.1, 0.15) is 11.7 Å². The van der Waals surface area contributed by atoms with E-state index < -0.39 is 5.60 Å². The lowest BCUT2D eigenvalue weighted by molar-refractivity contribution is -0.211. The van der Waals surface area contributed by atoms with Gasteiger partial charge in [-0.1, -0.05) is 6.08 Å². The van der Waals surface area contributed by atoms with Crippen LogP contribution < -0.4 is 0 Å². The molecule has 0 spiro atoms. The molecule has 0 N–H and O–H groups in total. The molecule has 0 radical (unpaired) electrons. The third kappa shape index (κ3) is 2.81. The normalized spacial score (nSPS) is 34.5. The Kier molecular flexibility index (Phi) is 3.24. The van der Waals surface area contributed by atoms with Gasteiger partial charge in [0.05, 0.1) is 5.60 Å². The van der Waals surface area contributed by atoms with Gasteiger partial charge in [0.2, 0.25) is 0 Å². The zero-order valence-corrected chi connectivity index (χ0v) is 10.0. The fourth-order valence-corrected chi connectivity index (χ4v) is 2.03. The van der Waals surface area contributed by atoms with Gasteiger partial charge >= 0.3 is 5.97 Å². The minimum Gasteiger partial charge on any atom is -0.460 e. The van der Waals surface area contributed by atoms with Crippen molar-refractivity contribution in [3.8, 4) is 0 Å². The smallest absolute Gasteiger partial charge is 0.303 e. The summed E-state index contributed by atoms with van der Waals surface area (Å²) >= 11 is 0. The molecular formula is C12H20O3. The molecule has 1 aliphatic heterocycles. The number of carbonyl (C=O) groups is 1. The van der Waals surface area contributed by atoms with Crippen LogP contribution in [0.15, 0.2) is 12.7 Å². The van der Waals surface area contributed by atoms with Crippen molar-refractivity contribution in [2.24, 2.45) is 0 Å². The first-order valence-corrected chi connectivity index (χ1v) is 5.30. The second kappa shape index (κ2) is 3.97. The summed E-state index contributed by atoms with van der Waals surface area (Å²) in [6.07, 6.45) is 3.30. The van der Waals surface area contributed by atoms with E-state index in [0.29, 0.717) is 0 Å². The molecule has 0 unspecified atom stereocenters. The second-order valence-corrected chi connectivity index (χ2v) is 4.86. The number of esters is 1. The predicted octanol–water partition coefficient (Wildman–Crippen LogP) is 2.45. The molecule has 0 aromatic heterocycles. The monoisotopic (exact) mass is 212 g/mol. The van der Waals surface area contributed by atoms with Crippen molar-refractivity contribution in [2.45, 2.75) is 57.8 Å². The summed E-state index contributed by atoms with van der Waals surface area (Å²) < 4.78 is 11.2. The average molecular weight is 212 g/mol. The molecule has 0 aliphatic carbocycles. The molecule has 0 saturated carbocycles. The Labute approximate surface area is 91.4 Å². The lowest BCUT2D eigenvalue weighted by Crippen LogP contribution is -2.52. The maximum Gasteiger partial charge on any atom is 0.303 e. The van der Waals surface area contributed by atoms with Crippen molar-refractivity contribution in [2.75, 3.05) is 0 Å². The van der Waals surface area contributed by atoms with Crippen LogP contribution in [0.2, 0.25) is 0 Å². The predicted molar refractivity (Wildman–Crippen MR) is 58.6 cm³/mol. The fraction of sp³-hybridized carbons (Fsp3) is 0.750. The summed E-state index contributed by atoms with van der Waals surface area (Å²) in [5.74, 6) is -0.251. The molecule has 1 saturated heterocycles. The molecule has 1 fully saturated rings. The van der Waals surface area contributed by atoms with E-state index in [1.54, 1.807) is 0 Å². The quantitative estimate of drug-likeness (QED) is 0.521. The van der Waals surface area contributed by atoms with Gasteiger partial charge in [0, 0.05) is 6.92 Å². The van der Waals surface area contributed by atoms with Crippen molar-refractivity contribution < 1.29 is 14.3 Å². The number of rotatable bonds is 2. The first-order valence-electron chi connectivity index (χ1n) is 5.30. The Bertz CT molecular complexity index is 270. The Hall–Kier alpha value is -0.830. The van der Waals surface area contributed by atoms with E-state index >= 15 is 0 Å². The molecule has 3 nitrogen and oxygen atoms in total. The van der Waals surface area contributed by atoms with Gasteiger partial charge in [0.15, 0.2) is 0 Å². The summed E-state index contributed by atoms with van der Waals surface area (Å²) in [4.78, 5) is 10.9. The van der Waals surface area contributed by atoms with Crippen LogP contribution in [0, 0.1) is 0 Å². The van der Waals surface area contributed by atoms with E-state index in [0.717, 1.165) is 12.8 Å². The van der Waals surface area contributed by atoms with Crippen LogP contribution in [0.25, 0.3) is 0 Å². The van der Waals surface area contributed by atoms with Gasteiger partial charge < -0.3 is 9.47 Å². The third-order valence-corrected chi connectivity index (χ3v) is 2.91. The summed E-state index contributed by atoms with van der Waals surface area (Å²) in [5.41, 5.74) is -0.757. The van der Waals surface area contributed by atoms with E-state index in [9.17, 15) is 4.79 Å². The van der Waals surface area contributed by atoms with Crippen LogP contribution in [-0.2, 0) is 14.3 Å². The Morgan fingerprint density at radius 3 is 2.53 bits per heavy atom. The molecule has 15 heavy (non-hydrogen) atoms. The zero-order chi connectivity index (χ0) is 11.7. The minimum absolute atomic E-state index is 0.164. The van der Waals surface area contributed by atoms with Crippen LogP contribution in [0.5, 0.6) is 0 Å². The minimum atomic E-state index is -0.452. The highest BCUT2D eigenvalue weighted by atomic mass is 16.6. The zero-order valence-electron chi connectivity index (χ0n) is 10.0. The van der Waals surface area contributed by atoms with E-state index in [-0.39, 0.29) is 17.7 Å². The van der Waals surface area contributed by atoms with E-state index in [4.69, 9.17) is 9.47 Å². The van der Waals surface area contributed by atoms with Gasteiger partial charge in [-0.05, 0) is 33.6 Å². The summed E-state index contributed by atoms with van der Waals surface area (Å²) in [7, 11) is 0. The number of ether oxygens (including phenoxy) is 2. The van der Waals surface area contributed by atoms with E-state index in [2.05, 4.69) is 6.58 Å². The average Bonchev–Trinajstić information content (AvgIpc) is 2.09. The number of carbonyl (C=O) groups excluding carboxylic acids is 1. The molecular weight excluding hydrogens is 192 g/mol. The lowest BCUT2D eigenvalue weighted by Gasteiger charge is -2.46. The van der Waals surface area contributed by atoms with Gasteiger partial charge in [-0.2, -0.15) is 0 Å². The molecule has 1 rings (SSSR count). The molecule has 0 aromatic carbocycles. The fourth-order valence-electron chi connectivity index (χ4n) is 2.03. The van der Waals surface area contributed by atoms with Gasteiger partial charge in [0.25, 0.3) is 0 Å². The van der Waals surface area contributed by atoms with Gasteiger partial charge in [-0.15, -0.1) is 6.58 Å². The number of hydrogen-bond acceptors (Lipinski definition) is 3. The highest BCUT2D eigenvalue weighted by molar-refractivity contribution is 5.66. The van der Waals surface area contributed by atoms with Crippen molar-refractivity contribution in [3.05, 3.63) is 12.7 Å². The first kappa shape index (κ1) is 12.2. The van der Waals surface area contributed by atoms with Gasteiger partial charge in [-0.25, -0.2) is 0 Å². The summed E-state index contributed by atoms with van der Waals surface area (Å²) in [5, 5.41) is 0. The van der Waals surface area contributed by atoms with Crippen molar-refractivity contribution in [1.29, 1.82) is 0 Å². The Morgan fingerprint density at radius 1 is 1.53 bits per heavy atom. The maximum absolute atomic E-state index is 10.9. The molecule has 86 valence electrons. The van der Waals surface area contributed by atoms with Crippen LogP contribution in [0.3, 0.4) is 0 Å².